The van der Waals surface area contributed by atoms with Crippen molar-refractivity contribution in [2.24, 2.45) is 5.92 Å². The van der Waals surface area contributed by atoms with E-state index < -0.39 is 0 Å². The molecule has 0 aromatic heterocycles. The lowest BCUT2D eigenvalue weighted by atomic mass is 9.93. The molecule has 0 aliphatic rings. The van der Waals surface area contributed by atoms with Gasteiger partial charge in [-0.3, -0.25) is 0 Å². The van der Waals surface area contributed by atoms with Gasteiger partial charge in [-0.15, -0.1) is 11.6 Å². The largest absolute Gasteiger partial charge is 0.206 e. The number of hydrogen-bond donors (Lipinski definition) is 0. The van der Waals surface area contributed by atoms with Crippen molar-refractivity contribution in [2.45, 2.75) is 19.8 Å². The number of aryl methyl sites for hydroxylation is 1. The summed E-state index contributed by atoms with van der Waals surface area (Å²) >= 11 is 9.41. The predicted octanol–water partition coefficient (Wildman–Crippen LogP) is 5.54. The molecule has 2 aromatic carbocycles. The monoisotopic (exact) mass is 354 g/mol. The van der Waals surface area contributed by atoms with Crippen molar-refractivity contribution >= 4 is 27.5 Å². The first-order valence-electron chi connectivity index (χ1n) is 6.64. The van der Waals surface area contributed by atoms with E-state index in [-0.39, 0.29) is 5.82 Å². The fourth-order valence-electron chi connectivity index (χ4n) is 2.37. The minimum atomic E-state index is -0.216. The molecule has 0 nitrogen and oxygen atoms in total. The third-order valence-corrected chi connectivity index (χ3v) is 4.69. The van der Waals surface area contributed by atoms with Gasteiger partial charge in [0.25, 0.3) is 0 Å². The van der Waals surface area contributed by atoms with Crippen molar-refractivity contribution in [1.29, 1.82) is 0 Å². The molecule has 1 unspecified atom stereocenters. The summed E-state index contributed by atoms with van der Waals surface area (Å²) in [7, 11) is 0. The van der Waals surface area contributed by atoms with Gasteiger partial charge in [0.15, 0.2) is 0 Å². The average Bonchev–Trinajstić information content (AvgIpc) is 2.43. The van der Waals surface area contributed by atoms with Gasteiger partial charge in [0, 0.05) is 5.88 Å². The molecular weight excluding hydrogens is 339 g/mol. The van der Waals surface area contributed by atoms with Crippen molar-refractivity contribution in [3.8, 4) is 0 Å². The molecule has 3 heteroatoms. The molecule has 0 N–H and O–H groups in total. The second-order valence-electron chi connectivity index (χ2n) is 5.13. The molecule has 0 aliphatic heterocycles. The number of alkyl halides is 1. The topological polar surface area (TPSA) is 0 Å². The molecule has 0 spiro atoms. The van der Waals surface area contributed by atoms with Gasteiger partial charge in [-0.25, -0.2) is 4.39 Å². The summed E-state index contributed by atoms with van der Waals surface area (Å²) in [5.41, 5.74) is 3.51. The van der Waals surface area contributed by atoms with Crippen LogP contribution in [0, 0.1) is 18.7 Å². The van der Waals surface area contributed by atoms with Crippen LogP contribution < -0.4 is 0 Å². The fourth-order valence-corrected chi connectivity index (χ4v) is 3.02. The molecule has 0 aliphatic carbocycles. The molecule has 20 heavy (non-hydrogen) atoms. The fraction of sp³-hybridized carbons (Fsp3) is 0.294. The average molecular weight is 356 g/mol. The highest BCUT2D eigenvalue weighted by Gasteiger charge is 2.13. The molecule has 0 amide bonds. The van der Waals surface area contributed by atoms with E-state index >= 15 is 0 Å². The van der Waals surface area contributed by atoms with Crippen LogP contribution in [0.3, 0.4) is 0 Å². The van der Waals surface area contributed by atoms with Gasteiger partial charge >= 0.3 is 0 Å². The van der Waals surface area contributed by atoms with Gasteiger partial charge in [0.2, 0.25) is 0 Å². The van der Waals surface area contributed by atoms with E-state index in [9.17, 15) is 4.39 Å². The lowest BCUT2D eigenvalue weighted by Gasteiger charge is -2.15. The van der Waals surface area contributed by atoms with Crippen molar-refractivity contribution in [1.82, 2.24) is 0 Å². The summed E-state index contributed by atoms with van der Waals surface area (Å²) in [5, 5.41) is 0. The summed E-state index contributed by atoms with van der Waals surface area (Å²) in [4.78, 5) is 0. The third kappa shape index (κ3) is 4.07. The van der Waals surface area contributed by atoms with Gasteiger partial charge in [-0.05, 0) is 58.8 Å². The standard InChI is InChI=1S/C17H17BrClF/c1-12-4-2-5-13(8-12)9-14(11-19)10-15-6-3-7-16(20)17(15)18/h2-8,14H,9-11H2,1H3. The van der Waals surface area contributed by atoms with Gasteiger partial charge in [0.1, 0.15) is 5.82 Å². The molecule has 1 atom stereocenters. The Hall–Kier alpha value is -0.860. The molecule has 0 bridgehead atoms. The summed E-state index contributed by atoms with van der Waals surface area (Å²) in [6, 6.07) is 13.6. The summed E-state index contributed by atoms with van der Waals surface area (Å²) in [5.74, 6) is 0.652. The normalized spacial score (nSPS) is 12.4. The quantitative estimate of drug-likeness (QED) is 0.618. The Kier molecular flexibility index (Phi) is 5.62. The van der Waals surface area contributed by atoms with Gasteiger partial charge < -0.3 is 0 Å². The Balaban J connectivity index is 2.11. The van der Waals surface area contributed by atoms with E-state index in [1.165, 1.54) is 17.2 Å². The molecule has 2 aromatic rings. The molecule has 106 valence electrons. The van der Waals surface area contributed by atoms with E-state index in [1.807, 2.05) is 6.07 Å². The second-order valence-corrected chi connectivity index (χ2v) is 6.23. The highest BCUT2D eigenvalue weighted by Crippen LogP contribution is 2.25. The number of hydrogen-bond acceptors (Lipinski definition) is 0. The first-order chi connectivity index (χ1) is 9.60. The van der Waals surface area contributed by atoms with Crippen LogP contribution in [0.2, 0.25) is 0 Å². The Morgan fingerprint density at radius 1 is 1.15 bits per heavy atom. The summed E-state index contributed by atoms with van der Waals surface area (Å²) < 4.78 is 14.1. The van der Waals surface area contributed by atoms with Gasteiger partial charge in [-0.1, -0.05) is 42.0 Å². The van der Waals surface area contributed by atoms with Crippen molar-refractivity contribution in [3.63, 3.8) is 0 Å². The van der Waals surface area contributed by atoms with Gasteiger partial charge in [0.05, 0.1) is 4.47 Å². The number of benzene rings is 2. The highest BCUT2D eigenvalue weighted by molar-refractivity contribution is 9.10. The highest BCUT2D eigenvalue weighted by atomic mass is 79.9. The summed E-state index contributed by atoms with van der Waals surface area (Å²) in [6.07, 6.45) is 1.68. The molecule has 0 radical (unpaired) electrons. The van der Waals surface area contributed by atoms with E-state index in [0.717, 1.165) is 18.4 Å². The Morgan fingerprint density at radius 2 is 1.90 bits per heavy atom. The van der Waals surface area contributed by atoms with Gasteiger partial charge in [-0.2, -0.15) is 0 Å². The van der Waals surface area contributed by atoms with Crippen LogP contribution in [-0.2, 0) is 12.8 Å². The van der Waals surface area contributed by atoms with E-state index in [0.29, 0.717) is 16.3 Å². The molecule has 2 rings (SSSR count). The minimum absolute atomic E-state index is 0.216. The SMILES string of the molecule is Cc1cccc(CC(CCl)Cc2cccc(F)c2Br)c1. The van der Waals surface area contributed by atoms with Crippen molar-refractivity contribution in [3.05, 3.63) is 69.4 Å². The van der Waals surface area contributed by atoms with Crippen LogP contribution in [0.1, 0.15) is 16.7 Å². The van der Waals surface area contributed by atoms with E-state index in [2.05, 4.69) is 47.1 Å². The van der Waals surface area contributed by atoms with Crippen LogP contribution in [0.15, 0.2) is 46.9 Å². The molecular formula is C17H17BrClF. The molecule has 0 fully saturated rings. The van der Waals surface area contributed by atoms with Crippen LogP contribution in [0.5, 0.6) is 0 Å². The zero-order chi connectivity index (χ0) is 14.5. The molecule has 0 saturated heterocycles. The predicted molar refractivity (Wildman–Crippen MR) is 86.9 cm³/mol. The van der Waals surface area contributed by atoms with Crippen LogP contribution in [0.4, 0.5) is 4.39 Å². The van der Waals surface area contributed by atoms with Crippen LogP contribution in [-0.4, -0.2) is 5.88 Å². The maximum Gasteiger partial charge on any atom is 0.137 e. The Labute approximate surface area is 133 Å². The minimum Gasteiger partial charge on any atom is -0.206 e. The van der Waals surface area contributed by atoms with Crippen LogP contribution in [0.25, 0.3) is 0 Å². The lowest BCUT2D eigenvalue weighted by Crippen LogP contribution is -2.11. The number of halogens is 3. The van der Waals surface area contributed by atoms with E-state index in [4.69, 9.17) is 11.6 Å². The smallest absolute Gasteiger partial charge is 0.137 e. The van der Waals surface area contributed by atoms with Crippen LogP contribution >= 0.6 is 27.5 Å². The third-order valence-electron chi connectivity index (χ3n) is 3.37. The Bertz CT molecular complexity index is 583. The summed E-state index contributed by atoms with van der Waals surface area (Å²) in [6.45, 7) is 2.09. The first kappa shape index (κ1) is 15.5. The zero-order valence-corrected chi connectivity index (χ0v) is 13.7. The Morgan fingerprint density at radius 3 is 2.60 bits per heavy atom. The molecule has 0 heterocycles. The lowest BCUT2D eigenvalue weighted by molar-refractivity contribution is 0.572. The maximum atomic E-state index is 13.5. The number of rotatable bonds is 5. The zero-order valence-electron chi connectivity index (χ0n) is 11.4. The maximum absolute atomic E-state index is 13.5. The van der Waals surface area contributed by atoms with Crippen molar-refractivity contribution < 1.29 is 4.39 Å². The van der Waals surface area contributed by atoms with Crippen molar-refractivity contribution in [2.75, 3.05) is 5.88 Å². The van der Waals surface area contributed by atoms with E-state index in [1.54, 1.807) is 6.07 Å². The first-order valence-corrected chi connectivity index (χ1v) is 7.97. The molecule has 0 saturated carbocycles. The second kappa shape index (κ2) is 7.24.